The Bertz CT molecular complexity index is 801. The highest BCUT2D eigenvalue weighted by atomic mass is 35.5. The van der Waals surface area contributed by atoms with Gasteiger partial charge in [-0.3, -0.25) is 4.79 Å². The number of hydrogen-bond donors (Lipinski definition) is 1. The number of aliphatic carboxylic acids is 1. The number of rotatable bonds is 3. The van der Waals surface area contributed by atoms with Crippen molar-refractivity contribution in [2.24, 2.45) is 5.41 Å². The van der Waals surface area contributed by atoms with Crippen LogP contribution in [0.3, 0.4) is 0 Å². The van der Waals surface area contributed by atoms with Crippen molar-refractivity contribution in [2.45, 2.75) is 62.4 Å². The number of hydrogen-bond acceptors (Lipinski definition) is 2. The van der Waals surface area contributed by atoms with Crippen LogP contribution in [0, 0.1) is 5.41 Å². The van der Waals surface area contributed by atoms with Crippen LogP contribution in [-0.4, -0.2) is 45.5 Å². The Labute approximate surface area is 164 Å². The molecule has 5 aliphatic rings. The maximum absolute atomic E-state index is 13.4. The third-order valence-electron chi connectivity index (χ3n) is 7.97. The third kappa shape index (κ3) is 2.24. The number of carboxylic acids is 1. The molecule has 2 saturated heterocycles. The van der Waals surface area contributed by atoms with Gasteiger partial charge in [0.25, 0.3) is 0 Å². The fraction of sp³-hybridized carbons (Fsp3) is 0.619. The lowest BCUT2D eigenvalue weighted by Gasteiger charge is -2.55. The highest BCUT2D eigenvalue weighted by molar-refractivity contribution is 6.30. The van der Waals surface area contributed by atoms with Crippen LogP contribution in [0.1, 0.15) is 56.9 Å². The average Bonchev–Trinajstić information content (AvgIpc) is 3.23. The number of urea groups is 1. The SMILES string of the molecule is O=C1N(C23CCC(C(=O)O)(CC2)CC3)C[C@]2(c3cccc(Cl)c3)CCCN12. The van der Waals surface area contributed by atoms with E-state index in [4.69, 9.17) is 11.6 Å². The minimum Gasteiger partial charge on any atom is -0.481 e. The summed E-state index contributed by atoms with van der Waals surface area (Å²) in [6, 6.07) is 8.08. The molecule has 5 nitrogen and oxygen atoms in total. The number of halogens is 1. The zero-order valence-electron chi connectivity index (χ0n) is 15.4. The molecule has 3 aliphatic carbocycles. The molecule has 5 fully saturated rings. The predicted octanol–water partition coefficient (Wildman–Crippen LogP) is 4.24. The van der Waals surface area contributed by atoms with Crippen LogP contribution in [-0.2, 0) is 10.3 Å². The Morgan fingerprint density at radius 3 is 2.37 bits per heavy atom. The monoisotopic (exact) mass is 388 g/mol. The van der Waals surface area contributed by atoms with Crippen molar-refractivity contribution in [1.29, 1.82) is 0 Å². The third-order valence-corrected chi connectivity index (χ3v) is 8.20. The molecule has 27 heavy (non-hydrogen) atoms. The van der Waals surface area contributed by atoms with E-state index in [-0.39, 0.29) is 17.1 Å². The van der Waals surface area contributed by atoms with Gasteiger partial charge in [0.05, 0.1) is 17.5 Å². The van der Waals surface area contributed by atoms with Gasteiger partial charge in [-0.25, -0.2) is 4.79 Å². The Balaban J connectivity index is 1.48. The van der Waals surface area contributed by atoms with E-state index < -0.39 is 11.4 Å². The summed E-state index contributed by atoms with van der Waals surface area (Å²) in [5.74, 6) is -0.653. The van der Waals surface area contributed by atoms with Crippen LogP contribution in [0.4, 0.5) is 4.79 Å². The summed E-state index contributed by atoms with van der Waals surface area (Å²) in [5.41, 5.74) is 0.136. The number of carboxylic acid groups (broad SMARTS) is 1. The predicted molar refractivity (Wildman–Crippen MR) is 102 cm³/mol. The standard InChI is InChI=1S/C21H25ClN2O3/c22-16-4-1-3-15(13-16)21-5-2-12-23(21)18(27)24(14-21)20-9-6-19(7-10-20,8-11-20)17(25)26/h1,3-4,13H,2,5-12,14H2,(H,25,26)/t19?,20?,21-/m0/s1. The molecule has 144 valence electrons. The molecule has 1 aromatic rings. The van der Waals surface area contributed by atoms with Crippen LogP contribution >= 0.6 is 11.6 Å². The van der Waals surface area contributed by atoms with Crippen LogP contribution in [0.25, 0.3) is 0 Å². The van der Waals surface area contributed by atoms with Gasteiger partial charge in [0, 0.05) is 17.1 Å². The van der Waals surface area contributed by atoms with Crippen molar-refractivity contribution in [3.05, 3.63) is 34.9 Å². The molecule has 0 aromatic heterocycles. The fourth-order valence-corrected chi connectivity index (χ4v) is 6.42. The molecule has 6 rings (SSSR count). The largest absolute Gasteiger partial charge is 0.481 e. The second kappa shape index (κ2) is 5.63. The lowest BCUT2D eigenvalue weighted by Crippen LogP contribution is -2.59. The molecule has 1 aromatic carbocycles. The summed E-state index contributed by atoms with van der Waals surface area (Å²) in [7, 11) is 0. The van der Waals surface area contributed by atoms with E-state index in [9.17, 15) is 14.7 Å². The number of benzene rings is 1. The quantitative estimate of drug-likeness (QED) is 0.842. The Kier molecular flexibility index (Phi) is 3.62. The van der Waals surface area contributed by atoms with Gasteiger partial charge in [-0.05, 0) is 69.1 Å². The summed E-state index contributed by atoms with van der Waals surface area (Å²) in [4.78, 5) is 29.4. The highest BCUT2D eigenvalue weighted by Gasteiger charge is 2.62. The normalized spacial score (nSPS) is 37.7. The van der Waals surface area contributed by atoms with Crippen molar-refractivity contribution in [3.63, 3.8) is 0 Å². The van der Waals surface area contributed by atoms with Gasteiger partial charge in [0.15, 0.2) is 0 Å². The van der Waals surface area contributed by atoms with Crippen LogP contribution < -0.4 is 0 Å². The Morgan fingerprint density at radius 2 is 1.74 bits per heavy atom. The molecule has 1 atom stereocenters. The molecule has 1 N–H and O–H groups in total. The molecule has 0 unspecified atom stereocenters. The van der Waals surface area contributed by atoms with Crippen LogP contribution in [0.15, 0.2) is 24.3 Å². The molecule has 6 heteroatoms. The van der Waals surface area contributed by atoms with Crippen molar-refractivity contribution < 1.29 is 14.7 Å². The molecule has 0 radical (unpaired) electrons. The lowest BCUT2D eigenvalue weighted by atomic mass is 9.56. The van der Waals surface area contributed by atoms with Gasteiger partial charge in [0.2, 0.25) is 0 Å². The first-order chi connectivity index (χ1) is 12.9. The van der Waals surface area contributed by atoms with Crippen molar-refractivity contribution >= 4 is 23.6 Å². The van der Waals surface area contributed by atoms with Gasteiger partial charge in [-0.15, -0.1) is 0 Å². The number of fused-ring (bicyclic) bond motifs is 4. The molecular weight excluding hydrogens is 364 g/mol. The molecule has 3 saturated carbocycles. The second-order valence-electron chi connectivity index (χ2n) is 8.98. The first-order valence-corrected chi connectivity index (χ1v) is 10.4. The fourth-order valence-electron chi connectivity index (χ4n) is 6.23. The van der Waals surface area contributed by atoms with Crippen LogP contribution in [0.5, 0.6) is 0 Å². The molecule has 2 aliphatic heterocycles. The molecular formula is C21H25ClN2O3. The molecule has 2 heterocycles. The van der Waals surface area contributed by atoms with Gasteiger partial charge in [-0.1, -0.05) is 23.7 Å². The molecule has 2 amide bonds. The number of carbonyl (C=O) groups excluding carboxylic acids is 1. The average molecular weight is 389 g/mol. The Hall–Kier alpha value is -1.75. The molecule has 0 spiro atoms. The maximum Gasteiger partial charge on any atom is 0.321 e. The smallest absolute Gasteiger partial charge is 0.321 e. The van der Waals surface area contributed by atoms with Gasteiger partial charge in [0.1, 0.15) is 0 Å². The summed E-state index contributed by atoms with van der Waals surface area (Å²) in [6.45, 7) is 1.49. The Morgan fingerprint density at radius 1 is 1.04 bits per heavy atom. The number of carbonyl (C=O) groups is 2. The lowest BCUT2D eigenvalue weighted by molar-refractivity contribution is -0.159. The number of amides is 2. The van der Waals surface area contributed by atoms with E-state index in [1.54, 1.807) is 0 Å². The zero-order valence-corrected chi connectivity index (χ0v) is 16.2. The first kappa shape index (κ1) is 17.4. The second-order valence-corrected chi connectivity index (χ2v) is 9.41. The number of nitrogens with zero attached hydrogens (tertiary/aromatic N) is 2. The zero-order chi connectivity index (χ0) is 18.9. The summed E-state index contributed by atoms with van der Waals surface area (Å²) in [5, 5.41) is 10.4. The van der Waals surface area contributed by atoms with E-state index >= 15 is 0 Å². The van der Waals surface area contributed by atoms with E-state index in [0.717, 1.165) is 44.2 Å². The highest BCUT2D eigenvalue weighted by Crippen LogP contribution is 2.57. The van der Waals surface area contributed by atoms with Gasteiger partial charge in [-0.2, -0.15) is 0 Å². The van der Waals surface area contributed by atoms with Gasteiger partial charge < -0.3 is 14.9 Å². The summed E-state index contributed by atoms with van der Waals surface area (Å²) < 4.78 is 0. The first-order valence-electron chi connectivity index (χ1n) is 10.00. The van der Waals surface area contributed by atoms with E-state index in [1.165, 1.54) is 0 Å². The van der Waals surface area contributed by atoms with Crippen molar-refractivity contribution in [3.8, 4) is 0 Å². The summed E-state index contributed by atoms with van der Waals surface area (Å²) in [6.07, 6.45) is 6.48. The minimum absolute atomic E-state index is 0.136. The van der Waals surface area contributed by atoms with Crippen LogP contribution in [0.2, 0.25) is 5.02 Å². The van der Waals surface area contributed by atoms with E-state index in [1.807, 2.05) is 18.2 Å². The van der Waals surface area contributed by atoms with Crippen molar-refractivity contribution in [2.75, 3.05) is 13.1 Å². The molecule has 2 bridgehead atoms. The van der Waals surface area contributed by atoms with Gasteiger partial charge >= 0.3 is 12.0 Å². The minimum atomic E-state index is -0.653. The van der Waals surface area contributed by atoms with E-state index in [2.05, 4.69) is 15.9 Å². The van der Waals surface area contributed by atoms with E-state index in [0.29, 0.717) is 30.8 Å². The van der Waals surface area contributed by atoms with Crippen molar-refractivity contribution in [1.82, 2.24) is 9.80 Å². The topological polar surface area (TPSA) is 60.9 Å². The maximum atomic E-state index is 13.4. The summed E-state index contributed by atoms with van der Waals surface area (Å²) >= 11 is 6.27.